The number of hydrogen-bond acceptors (Lipinski definition) is 5. The molecular formula is C29H28N4O3S. The second-order valence-corrected chi connectivity index (χ2v) is 9.82. The molecule has 0 aliphatic carbocycles. The van der Waals surface area contributed by atoms with Crippen LogP contribution < -0.4 is 15.4 Å². The van der Waals surface area contributed by atoms with E-state index in [0.717, 1.165) is 50.8 Å². The molecule has 1 aliphatic heterocycles. The lowest BCUT2D eigenvalue weighted by molar-refractivity contribution is -0.122. The van der Waals surface area contributed by atoms with E-state index in [1.54, 1.807) is 23.6 Å². The number of hydrogen-bond donors (Lipinski definition) is 2. The minimum atomic E-state index is -0.170. The van der Waals surface area contributed by atoms with Crippen LogP contribution >= 0.6 is 11.8 Å². The number of amides is 2. The summed E-state index contributed by atoms with van der Waals surface area (Å²) in [5, 5.41) is 10.6. The molecular weight excluding hydrogens is 484 g/mol. The summed E-state index contributed by atoms with van der Waals surface area (Å²) in [5.74, 6) is 2.63. The maximum atomic E-state index is 13.0. The van der Waals surface area contributed by atoms with Crippen molar-refractivity contribution in [1.29, 1.82) is 0 Å². The number of aromatic nitrogens is 2. The molecule has 3 aromatic carbocycles. The quantitative estimate of drug-likeness (QED) is 0.336. The van der Waals surface area contributed by atoms with Gasteiger partial charge in [-0.1, -0.05) is 66.7 Å². The second kappa shape index (κ2) is 11.3. The number of fused-ring (bicyclic) bond motifs is 1. The Morgan fingerprint density at radius 1 is 0.892 bits per heavy atom. The summed E-state index contributed by atoms with van der Waals surface area (Å²) in [5.41, 5.74) is 6.07. The molecule has 1 aromatic heterocycles. The number of ether oxygens (including phenoxy) is 1. The molecule has 0 spiro atoms. The monoisotopic (exact) mass is 512 g/mol. The first-order chi connectivity index (χ1) is 18.1. The van der Waals surface area contributed by atoms with Gasteiger partial charge in [-0.25, -0.2) is 4.68 Å². The van der Waals surface area contributed by atoms with Crippen LogP contribution in [0.1, 0.15) is 22.4 Å². The van der Waals surface area contributed by atoms with Crippen molar-refractivity contribution < 1.29 is 14.3 Å². The summed E-state index contributed by atoms with van der Waals surface area (Å²) in [6.45, 7) is 0.440. The molecule has 8 heteroatoms. The van der Waals surface area contributed by atoms with Gasteiger partial charge in [0.1, 0.15) is 18.1 Å². The first kappa shape index (κ1) is 24.6. The first-order valence-corrected chi connectivity index (χ1v) is 13.2. The zero-order valence-corrected chi connectivity index (χ0v) is 21.4. The van der Waals surface area contributed by atoms with Crippen LogP contribution in [0.25, 0.3) is 11.1 Å². The molecule has 37 heavy (non-hydrogen) atoms. The number of rotatable bonds is 9. The van der Waals surface area contributed by atoms with E-state index in [-0.39, 0.29) is 24.8 Å². The topological polar surface area (TPSA) is 85.2 Å². The van der Waals surface area contributed by atoms with Crippen molar-refractivity contribution in [3.63, 3.8) is 0 Å². The third-order valence-corrected chi connectivity index (χ3v) is 7.21. The van der Waals surface area contributed by atoms with E-state index in [1.165, 1.54) is 0 Å². The number of thioether (sulfide) groups is 1. The third kappa shape index (κ3) is 6.03. The molecule has 0 unspecified atom stereocenters. The van der Waals surface area contributed by atoms with Crippen molar-refractivity contribution in [2.45, 2.75) is 31.0 Å². The van der Waals surface area contributed by atoms with Crippen LogP contribution in [0.5, 0.6) is 5.75 Å². The molecule has 1 aliphatic rings. The fourth-order valence-corrected chi connectivity index (χ4v) is 5.30. The fraction of sp³-hybridized carbons (Fsp3) is 0.207. The highest BCUT2D eigenvalue weighted by Crippen LogP contribution is 2.34. The molecule has 2 heterocycles. The van der Waals surface area contributed by atoms with Gasteiger partial charge in [0.05, 0.1) is 19.2 Å². The van der Waals surface area contributed by atoms with E-state index in [1.807, 2.05) is 66.7 Å². The molecule has 0 atom stereocenters. The molecule has 5 rings (SSSR count). The van der Waals surface area contributed by atoms with Gasteiger partial charge in [-0.15, -0.1) is 0 Å². The summed E-state index contributed by atoms with van der Waals surface area (Å²) in [7, 11) is 1.62. The van der Waals surface area contributed by atoms with Crippen molar-refractivity contribution in [3.8, 4) is 16.9 Å². The van der Waals surface area contributed by atoms with E-state index < -0.39 is 0 Å². The molecule has 2 N–H and O–H groups in total. The largest absolute Gasteiger partial charge is 0.497 e. The highest BCUT2D eigenvalue weighted by atomic mass is 32.2. The van der Waals surface area contributed by atoms with E-state index in [0.29, 0.717) is 12.4 Å². The van der Waals surface area contributed by atoms with Crippen molar-refractivity contribution >= 4 is 29.4 Å². The number of nitrogens with one attached hydrogen (secondary N) is 2. The Hall–Kier alpha value is -4.04. The lowest BCUT2D eigenvalue weighted by Crippen LogP contribution is -2.29. The molecule has 0 radical (unpaired) electrons. The molecule has 0 saturated carbocycles. The zero-order valence-electron chi connectivity index (χ0n) is 20.6. The second-order valence-electron chi connectivity index (χ2n) is 8.84. The van der Waals surface area contributed by atoms with Crippen LogP contribution in [0.3, 0.4) is 0 Å². The van der Waals surface area contributed by atoms with Gasteiger partial charge >= 0.3 is 0 Å². The average Bonchev–Trinajstić information content (AvgIpc) is 3.51. The first-order valence-electron chi connectivity index (χ1n) is 12.1. The predicted octanol–water partition coefficient (Wildman–Crippen LogP) is 4.80. The molecule has 7 nitrogen and oxygen atoms in total. The van der Waals surface area contributed by atoms with Gasteiger partial charge in [-0.05, 0) is 34.4 Å². The Bertz CT molecular complexity index is 1380. The number of nitrogens with zero attached hydrogens (tertiary/aromatic N) is 2. The summed E-state index contributed by atoms with van der Waals surface area (Å²) >= 11 is 1.75. The van der Waals surface area contributed by atoms with Gasteiger partial charge < -0.3 is 15.4 Å². The van der Waals surface area contributed by atoms with Crippen molar-refractivity contribution in [2.75, 3.05) is 12.4 Å². The minimum absolute atomic E-state index is 0.0369. The van der Waals surface area contributed by atoms with Crippen LogP contribution in [0.15, 0.2) is 78.9 Å². The number of benzene rings is 3. The minimum Gasteiger partial charge on any atom is -0.497 e. The highest BCUT2D eigenvalue weighted by molar-refractivity contribution is 7.98. The van der Waals surface area contributed by atoms with Crippen molar-refractivity contribution in [3.05, 3.63) is 101 Å². The number of anilines is 1. The van der Waals surface area contributed by atoms with Crippen molar-refractivity contribution in [1.82, 2.24) is 15.1 Å². The van der Waals surface area contributed by atoms with Crippen LogP contribution in [-0.4, -0.2) is 28.7 Å². The fourth-order valence-electron chi connectivity index (χ4n) is 4.26. The highest BCUT2D eigenvalue weighted by Gasteiger charge is 2.25. The van der Waals surface area contributed by atoms with Crippen molar-refractivity contribution in [2.24, 2.45) is 0 Å². The van der Waals surface area contributed by atoms with Gasteiger partial charge in [0.25, 0.3) is 0 Å². The maximum absolute atomic E-state index is 13.0. The average molecular weight is 513 g/mol. The normalized spacial score (nSPS) is 12.1. The van der Waals surface area contributed by atoms with Gasteiger partial charge in [-0.3, -0.25) is 9.59 Å². The standard InChI is InChI=1S/C29H28N4O3S/c1-36-24-13-9-21(10-14-24)16-30-28(35)17-33-29(25-18-37-19-26(25)32-33)31-27(34)15-20-7-11-23(12-8-20)22-5-3-2-4-6-22/h2-14H,15-19H2,1H3,(H,30,35)(H,31,34). The Labute approximate surface area is 220 Å². The SMILES string of the molecule is COc1ccc(CNC(=O)Cn2nc3c(c2NC(=O)Cc2ccc(-c4ccccc4)cc2)CSC3)cc1. The van der Waals surface area contributed by atoms with Crippen LogP contribution in [0, 0.1) is 0 Å². The summed E-state index contributed by atoms with van der Waals surface area (Å²) in [4.78, 5) is 25.7. The van der Waals surface area contributed by atoms with Crippen LogP contribution in [-0.2, 0) is 40.6 Å². The molecule has 2 amide bonds. The number of methoxy groups -OCH3 is 1. The molecule has 0 fully saturated rings. The zero-order chi connectivity index (χ0) is 25.6. The Balaban J connectivity index is 1.22. The molecule has 4 aromatic rings. The van der Waals surface area contributed by atoms with Gasteiger partial charge in [0, 0.05) is 23.6 Å². The Kier molecular flexibility index (Phi) is 7.56. The van der Waals surface area contributed by atoms with Gasteiger partial charge in [0.2, 0.25) is 11.8 Å². The van der Waals surface area contributed by atoms with E-state index in [2.05, 4.69) is 27.9 Å². The lowest BCUT2D eigenvalue weighted by atomic mass is 10.0. The van der Waals surface area contributed by atoms with E-state index >= 15 is 0 Å². The van der Waals surface area contributed by atoms with E-state index in [9.17, 15) is 9.59 Å². The number of carbonyl (C=O) groups excluding carboxylic acids is 2. The number of carbonyl (C=O) groups is 2. The summed E-state index contributed by atoms with van der Waals surface area (Å²) < 4.78 is 6.79. The lowest BCUT2D eigenvalue weighted by Gasteiger charge is -2.12. The Morgan fingerprint density at radius 2 is 1.59 bits per heavy atom. The third-order valence-electron chi connectivity index (χ3n) is 6.24. The predicted molar refractivity (Wildman–Crippen MR) is 146 cm³/mol. The maximum Gasteiger partial charge on any atom is 0.242 e. The summed E-state index contributed by atoms with van der Waals surface area (Å²) in [6, 6.07) is 25.7. The van der Waals surface area contributed by atoms with E-state index in [4.69, 9.17) is 4.74 Å². The molecule has 0 bridgehead atoms. The summed E-state index contributed by atoms with van der Waals surface area (Å²) in [6.07, 6.45) is 0.242. The van der Waals surface area contributed by atoms with Crippen LogP contribution in [0.2, 0.25) is 0 Å². The molecule has 0 saturated heterocycles. The Morgan fingerprint density at radius 3 is 2.32 bits per heavy atom. The van der Waals surface area contributed by atoms with Gasteiger partial charge in [-0.2, -0.15) is 16.9 Å². The smallest absolute Gasteiger partial charge is 0.242 e. The molecule has 188 valence electrons. The van der Waals surface area contributed by atoms with Crippen LogP contribution in [0.4, 0.5) is 5.82 Å². The van der Waals surface area contributed by atoms with Gasteiger partial charge in [0.15, 0.2) is 0 Å².